The van der Waals surface area contributed by atoms with Gasteiger partial charge in [-0.15, -0.1) is 0 Å². The fourth-order valence-electron chi connectivity index (χ4n) is 1.93. The summed E-state index contributed by atoms with van der Waals surface area (Å²) in [6.07, 6.45) is 2.45. The van der Waals surface area contributed by atoms with Crippen LogP contribution in [0.4, 0.5) is 5.69 Å². The molecule has 0 aromatic heterocycles. The molecule has 3 nitrogen and oxygen atoms in total. The van der Waals surface area contributed by atoms with Gasteiger partial charge in [0.1, 0.15) is 5.75 Å². The first-order valence-corrected chi connectivity index (χ1v) is 5.18. The second-order valence-electron chi connectivity index (χ2n) is 3.88. The van der Waals surface area contributed by atoms with E-state index in [1.54, 1.807) is 7.11 Å². The standard InChI is InChI=1S/C12H15NO2/c1-8-6-10-9(7-11(8)15-2)4-3-5-12(14)13-10/h6-7H,3-5H2,1-2H3,(H,13,14). The number of ether oxygens (including phenoxy) is 1. The molecule has 1 aliphatic heterocycles. The molecule has 0 aliphatic carbocycles. The summed E-state index contributed by atoms with van der Waals surface area (Å²) >= 11 is 0. The van der Waals surface area contributed by atoms with Crippen molar-refractivity contribution in [2.75, 3.05) is 12.4 Å². The summed E-state index contributed by atoms with van der Waals surface area (Å²) in [5.74, 6) is 1.00. The first-order valence-electron chi connectivity index (χ1n) is 5.18. The number of nitrogens with one attached hydrogen (secondary N) is 1. The Hall–Kier alpha value is -1.51. The Morgan fingerprint density at radius 2 is 2.13 bits per heavy atom. The van der Waals surface area contributed by atoms with E-state index in [2.05, 4.69) is 5.32 Å². The minimum absolute atomic E-state index is 0.110. The Morgan fingerprint density at radius 3 is 2.87 bits per heavy atom. The van der Waals surface area contributed by atoms with Gasteiger partial charge in [0.05, 0.1) is 7.11 Å². The average Bonchev–Trinajstić information content (AvgIpc) is 2.37. The molecule has 1 aromatic rings. The zero-order chi connectivity index (χ0) is 10.8. The number of benzene rings is 1. The van der Waals surface area contributed by atoms with Crippen molar-refractivity contribution < 1.29 is 9.53 Å². The van der Waals surface area contributed by atoms with Crippen LogP contribution in [0, 0.1) is 6.92 Å². The Labute approximate surface area is 89.4 Å². The van der Waals surface area contributed by atoms with Crippen molar-refractivity contribution >= 4 is 11.6 Å². The van der Waals surface area contributed by atoms with Gasteiger partial charge in [-0.1, -0.05) is 0 Å². The number of carbonyl (C=O) groups is 1. The minimum Gasteiger partial charge on any atom is -0.496 e. The molecular weight excluding hydrogens is 190 g/mol. The van der Waals surface area contributed by atoms with Gasteiger partial charge in [-0.05, 0) is 43.0 Å². The summed E-state index contributed by atoms with van der Waals surface area (Å²) in [6.45, 7) is 1.98. The van der Waals surface area contributed by atoms with Crippen molar-refractivity contribution in [3.63, 3.8) is 0 Å². The van der Waals surface area contributed by atoms with E-state index in [-0.39, 0.29) is 5.91 Å². The second kappa shape index (κ2) is 3.93. The Bertz CT molecular complexity index is 399. The van der Waals surface area contributed by atoms with Crippen molar-refractivity contribution in [1.82, 2.24) is 0 Å². The van der Waals surface area contributed by atoms with Gasteiger partial charge in [0.2, 0.25) is 5.91 Å². The smallest absolute Gasteiger partial charge is 0.224 e. The lowest BCUT2D eigenvalue weighted by molar-refractivity contribution is -0.116. The maximum absolute atomic E-state index is 11.4. The third-order valence-electron chi connectivity index (χ3n) is 2.74. The molecule has 0 saturated carbocycles. The van der Waals surface area contributed by atoms with Crippen LogP contribution in [-0.2, 0) is 11.2 Å². The first-order chi connectivity index (χ1) is 7.20. The number of carbonyl (C=O) groups excluding carboxylic acids is 1. The van der Waals surface area contributed by atoms with Crippen molar-refractivity contribution in [2.45, 2.75) is 26.2 Å². The summed E-state index contributed by atoms with van der Waals surface area (Å²) in [7, 11) is 1.67. The number of fused-ring (bicyclic) bond motifs is 1. The van der Waals surface area contributed by atoms with E-state index in [9.17, 15) is 4.79 Å². The lowest BCUT2D eigenvalue weighted by atomic mass is 10.0. The van der Waals surface area contributed by atoms with Crippen molar-refractivity contribution in [3.8, 4) is 5.75 Å². The molecule has 15 heavy (non-hydrogen) atoms. The van der Waals surface area contributed by atoms with Gasteiger partial charge in [0.15, 0.2) is 0 Å². The highest BCUT2D eigenvalue weighted by Crippen LogP contribution is 2.29. The van der Waals surface area contributed by atoms with Gasteiger partial charge in [-0.3, -0.25) is 4.79 Å². The van der Waals surface area contributed by atoms with Crippen LogP contribution >= 0.6 is 0 Å². The SMILES string of the molecule is COc1cc2c(cc1C)NC(=O)CCC2. The van der Waals surface area contributed by atoms with Crippen molar-refractivity contribution in [3.05, 3.63) is 23.3 Å². The number of anilines is 1. The van der Waals surface area contributed by atoms with Crippen LogP contribution in [0.3, 0.4) is 0 Å². The Balaban J connectivity index is 2.44. The van der Waals surface area contributed by atoms with E-state index in [1.807, 2.05) is 19.1 Å². The maximum atomic E-state index is 11.4. The van der Waals surface area contributed by atoms with E-state index in [1.165, 1.54) is 5.56 Å². The van der Waals surface area contributed by atoms with E-state index in [0.717, 1.165) is 29.8 Å². The van der Waals surface area contributed by atoms with Crippen LogP contribution in [0.2, 0.25) is 0 Å². The molecule has 1 N–H and O–H groups in total. The molecule has 2 rings (SSSR count). The number of amides is 1. The van der Waals surface area contributed by atoms with Gasteiger partial charge in [-0.2, -0.15) is 0 Å². The quantitative estimate of drug-likeness (QED) is 0.763. The number of rotatable bonds is 1. The fraction of sp³-hybridized carbons (Fsp3) is 0.417. The zero-order valence-electron chi connectivity index (χ0n) is 9.09. The van der Waals surface area contributed by atoms with Crippen LogP contribution in [0.15, 0.2) is 12.1 Å². The number of hydrogen-bond acceptors (Lipinski definition) is 2. The third kappa shape index (κ3) is 1.96. The summed E-state index contributed by atoms with van der Waals surface area (Å²) in [6, 6.07) is 4.01. The van der Waals surface area contributed by atoms with Crippen LogP contribution in [0.5, 0.6) is 5.75 Å². The first kappa shape index (κ1) is 10.0. The van der Waals surface area contributed by atoms with Gasteiger partial charge >= 0.3 is 0 Å². The molecule has 0 bridgehead atoms. The Kier molecular flexibility index (Phi) is 2.62. The minimum atomic E-state index is 0.110. The third-order valence-corrected chi connectivity index (χ3v) is 2.74. The lowest BCUT2D eigenvalue weighted by Gasteiger charge is -2.11. The molecule has 1 aromatic carbocycles. The van der Waals surface area contributed by atoms with Crippen LogP contribution in [0.25, 0.3) is 0 Å². The van der Waals surface area contributed by atoms with E-state index >= 15 is 0 Å². The monoisotopic (exact) mass is 205 g/mol. The largest absolute Gasteiger partial charge is 0.496 e. The average molecular weight is 205 g/mol. The van der Waals surface area contributed by atoms with E-state index in [4.69, 9.17) is 4.74 Å². The fourth-order valence-corrected chi connectivity index (χ4v) is 1.93. The molecule has 1 aliphatic rings. The highest BCUT2D eigenvalue weighted by atomic mass is 16.5. The molecular formula is C12H15NO2. The predicted octanol–water partition coefficient (Wildman–Crippen LogP) is 2.28. The highest BCUT2D eigenvalue weighted by Gasteiger charge is 2.14. The second-order valence-corrected chi connectivity index (χ2v) is 3.88. The molecule has 80 valence electrons. The van der Waals surface area contributed by atoms with Gasteiger partial charge < -0.3 is 10.1 Å². The van der Waals surface area contributed by atoms with Crippen molar-refractivity contribution in [2.24, 2.45) is 0 Å². The van der Waals surface area contributed by atoms with Crippen LogP contribution in [0.1, 0.15) is 24.0 Å². The molecule has 0 radical (unpaired) electrons. The van der Waals surface area contributed by atoms with Gasteiger partial charge in [-0.25, -0.2) is 0 Å². The molecule has 1 amide bonds. The van der Waals surface area contributed by atoms with Crippen LogP contribution < -0.4 is 10.1 Å². The van der Waals surface area contributed by atoms with E-state index in [0.29, 0.717) is 6.42 Å². The van der Waals surface area contributed by atoms with Crippen molar-refractivity contribution in [1.29, 1.82) is 0 Å². The number of methoxy groups -OCH3 is 1. The van der Waals surface area contributed by atoms with Gasteiger partial charge in [0.25, 0.3) is 0 Å². The topological polar surface area (TPSA) is 38.3 Å². The lowest BCUT2D eigenvalue weighted by Crippen LogP contribution is -2.09. The molecule has 3 heteroatoms. The van der Waals surface area contributed by atoms with Crippen LogP contribution in [-0.4, -0.2) is 13.0 Å². The Morgan fingerprint density at radius 1 is 1.33 bits per heavy atom. The summed E-state index contributed by atoms with van der Waals surface area (Å²) in [5, 5.41) is 2.92. The molecule has 0 unspecified atom stereocenters. The normalized spacial score (nSPS) is 15.2. The van der Waals surface area contributed by atoms with E-state index < -0.39 is 0 Å². The number of hydrogen-bond donors (Lipinski definition) is 1. The molecule has 0 atom stereocenters. The summed E-state index contributed by atoms with van der Waals surface area (Å²) in [5.41, 5.74) is 3.16. The molecule has 1 heterocycles. The molecule has 0 spiro atoms. The van der Waals surface area contributed by atoms with Gasteiger partial charge in [0, 0.05) is 12.1 Å². The molecule has 0 fully saturated rings. The highest BCUT2D eigenvalue weighted by molar-refractivity contribution is 5.92. The predicted molar refractivity (Wildman–Crippen MR) is 59.3 cm³/mol. The molecule has 0 saturated heterocycles. The zero-order valence-corrected chi connectivity index (χ0v) is 9.09. The maximum Gasteiger partial charge on any atom is 0.224 e. The summed E-state index contributed by atoms with van der Waals surface area (Å²) < 4.78 is 5.27. The summed E-state index contributed by atoms with van der Waals surface area (Å²) in [4.78, 5) is 11.4. The number of aryl methyl sites for hydroxylation is 2.